The minimum atomic E-state index is -4.36. The fraction of sp³-hybridized carbons (Fsp3) is 0.421. The van der Waals surface area contributed by atoms with Crippen molar-refractivity contribution < 1.29 is 13.2 Å². The second kappa shape index (κ2) is 7.54. The summed E-state index contributed by atoms with van der Waals surface area (Å²) in [6.07, 6.45) is 0.822. The van der Waals surface area contributed by atoms with Gasteiger partial charge >= 0.3 is 6.18 Å². The number of nitrogens with zero attached hydrogens (tertiary/aromatic N) is 4. The van der Waals surface area contributed by atoms with Crippen LogP contribution in [-0.2, 0) is 12.6 Å². The number of alkyl halides is 3. The third-order valence-electron chi connectivity index (χ3n) is 4.96. The number of hydrogen-bond donors (Lipinski definition) is 1. The van der Waals surface area contributed by atoms with Gasteiger partial charge in [-0.05, 0) is 37.5 Å². The molecule has 4 rings (SSSR count). The van der Waals surface area contributed by atoms with Gasteiger partial charge in [0.15, 0.2) is 0 Å². The van der Waals surface area contributed by atoms with E-state index in [4.69, 9.17) is 0 Å². The minimum Gasteiger partial charge on any atom is -0.367 e. The van der Waals surface area contributed by atoms with Crippen LogP contribution in [0.15, 0.2) is 30.7 Å². The summed E-state index contributed by atoms with van der Waals surface area (Å²) in [6, 6.07) is 4.94. The Hall–Kier alpha value is -2.42. The van der Waals surface area contributed by atoms with Crippen LogP contribution in [0, 0.1) is 0 Å². The van der Waals surface area contributed by atoms with Gasteiger partial charge in [0, 0.05) is 30.2 Å². The molecule has 1 aliphatic rings. The van der Waals surface area contributed by atoms with Gasteiger partial charge in [-0.3, -0.25) is 0 Å². The molecule has 1 N–H and O–H groups in total. The van der Waals surface area contributed by atoms with E-state index in [1.54, 1.807) is 17.7 Å². The molecule has 0 bridgehead atoms. The van der Waals surface area contributed by atoms with E-state index in [1.807, 2.05) is 4.90 Å². The monoisotopic (exact) mass is 407 g/mol. The lowest BCUT2D eigenvalue weighted by molar-refractivity contribution is -0.137. The SMILES string of the molecule is CCc1cc2c(NC3CCN(c4ccc(C(F)(F)F)cn4)CC3)ncnc2s1. The van der Waals surface area contributed by atoms with Crippen molar-refractivity contribution in [3.8, 4) is 0 Å². The molecular weight excluding hydrogens is 387 g/mol. The van der Waals surface area contributed by atoms with Crippen molar-refractivity contribution >= 4 is 33.2 Å². The number of nitrogens with one attached hydrogen (secondary N) is 1. The van der Waals surface area contributed by atoms with Crippen LogP contribution >= 0.6 is 11.3 Å². The molecule has 4 heterocycles. The first kappa shape index (κ1) is 18.9. The number of fused-ring (bicyclic) bond motifs is 1. The summed E-state index contributed by atoms with van der Waals surface area (Å²) < 4.78 is 38.1. The maximum Gasteiger partial charge on any atom is 0.417 e. The van der Waals surface area contributed by atoms with Crippen LogP contribution in [0.4, 0.5) is 24.8 Å². The van der Waals surface area contributed by atoms with Crippen LogP contribution in [0.5, 0.6) is 0 Å². The van der Waals surface area contributed by atoms with Crippen molar-refractivity contribution in [1.82, 2.24) is 15.0 Å². The molecule has 1 fully saturated rings. The van der Waals surface area contributed by atoms with Crippen molar-refractivity contribution in [2.24, 2.45) is 0 Å². The number of pyridine rings is 1. The van der Waals surface area contributed by atoms with Crippen LogP contribution < -0.4 is 10.2 Å². The Morgan fingerprint density at radius 2 is 1.96 bits per heavy atom. The number of hydrogen-bond acceptors (Lipinski definition) is 6. The normalized spacial score (nSPS) is 15.9. The van der Waals surface area contributed by atoms with E-state index in [0.29, 0.717) is 5.82 Å². The Morgan fingerprint density at radius 1 is 1.18 bits per heavy atom. The summed E-state index contributed by atoms with van der Waals surface area (Å²) in [4.78, 5) is 17.0. The summed E-state index contributed by atoms with van der Waals surface area (Å²) in [6.45, 7) is 3.58. The second-order valence-electron chi connectivity index (χ2n) is 6.82. The standard InChI is InChI=1S/C19H20F3N5S/c1-2-14-9-15-17(24-11-25-18(15)28-14)26-13-5-7-27(8-6-13)16-4-3-12(10-23-16)19(20,21)22/h3-4,9-11,13H,2,5-8H2,1H3,(H,24,25,26). The van der Waals surface area contributed by atoms with E-state index < -0.39 is 11.7 Å². The fourth-order valence-electron chi connectivity index (χ4n) is 3.38. The average Bonchev–Trinajstić information content (AvgIpc) is 3.13. The van der Waals surface area contributed by atoms with E-state index in [-0.39, 0.29) is 6.04 Å². The predicted octanol–water partition coefficient (Wildman–Crippen LogP) is 4.75. The van der Waals surface area contributed by atoms with Gasteiger partial charge in [-0.25, -0.2) is 15.0 Å². The molecule has 0 radical (unpaired) electrons. The summed E-state index contributed by atoms with van der Waals surface area (Å²) in [7, 11) is 0. The van der Waals surface area contributed by atoms with Crippen LogP contribution in [0.1, 0.15) is 30.2 Å². The van der Waals surface area contributed by atoms with Crippen LogP contribution in [-0.4, -0.2) is 34.1 Å². The van der Waals surface area contributed by atoms with E-state index in [0.717, 1.165) is 60.6 Å². The van der Waals surface area contributed by atoms with Crippen LogP contribution in [0.3, 0.4) is 0 Å². The summed E-state index contributed by atoms with van der Waals surface area (Å²) >= 11 is 1.69. The Labute approximate surface area is 164 Å². The maximum absolute atomic E-state index is 12.7. The van der Waals surface area contributed by atoms with Gasteiger partial charge in [0.05, 0.1) is 10.9 Å². The molecule has 0 saturated carbocycles. The lowest BCUT2D eigenvalue weighted by Crippen LogP contribution is -2.39. The molecule has 0 atom stereocenters. The number of thiophene rings is 1. The zero-order valence-corrected chi connectivity index (χ0v) is 16.1. The minimum absolute atomic E-state index is 0.258. The van der Waals surface area contributed by atoms with Gasteiger partial charge in [-0.2, -0.15) is 13.2 Å². The number of aryl methyl sites for hydroxylation is 1. The Balaban J connectivity index is 1.40. The lowest BCUT2D eigenvalue weighted by atomic mass is 10.0. The fourth-order valence-corrected chi connectivity index (χ4v) is 4.32. The van der Waals surface area contributed by atoms with Crippen molar-refractivity contribution in [1.29, 1.82) is 0 Å². The van der Waals surface area contributed by atoms with E-state index in [9.17, 15) is 13.2 Å². The Kier molecular flexibility index (Phi) is 5.09. The van der Waals surface area contributed by atoms with Crippen molar-refractivity contribution in [2.45, 2.75) is 38.4 Å². The largest absolute Gasteiger partial charge is 0.417 e. The number of rotatable bonds is 4. The molecule has 3 aromatic rings. The van der Waals surface area contributed by atoms with Gasteiger partial charge in [0.25, 0.3) is 0 Å². The van der Waals surface area contributed by atoms with Gasteiger partial charge in [-0.1, -0.05) is 6.92 Å². The second-order valence-corrected chi connectivity index (χ2v) is 7.93. The summed E-state index contributed by atoms with van der Waals surface area (Å²) in [5, 5.41) is 4.57. The van der Waals surface area contributed by atoms with Crippen molar-refractivity contribution in [3.05, 3.63) is 41.2 Å². The third-order valence-corrected chi connectivity index (χ3v) is 6.15. The van der Waals surface area contributed by atoms with Gasteiger partial charge < -0.3 is 10.2 Å². The predicted molar refractivity (Wildman–Crippen MR) is 105 cm³/mol. The highest BCUT2D eigenvalue weighted by Gasteiger charge is 2.31. The number of aromatic nitrogens is 3. The highest BCUT2D eigenvalue weighted by molar-refractivity contribution is 7.18. The number of anilines is 2. The van der Waals surface area contributed by atoms with Gasteiger partial charge in [0.1, 0.15) is 22.8 Å². The Morgan fingerprint density at radius 3 is 2.61 bits per heavy atom. The first-order chi connectivity index (χ1) is 13.4. The first-order valence-electron chi connectivity index (χ1n) is 9.22. The molecular formula is C19H20F3N5S. The van der Waals surface area contributed by atoms with E-state index in [1.165, 1.54) is 10.9 Å². The molecule has 1 aliphatic heterocycles. The zero-order chi connectivity index (χ0) is 19.7. The first-order valence-corrected chi connectivity index (χ1v) is 10.0. The molecule has 1 saturated heterocycles. The van der Waals surface area contributed by atoms with Crippen molar-refractivity contribution in [3.63, 3.8) is 0 Å². The highest BCUT2D eigenvalue weighted by Crippen LogP contribution is 2.31. The van der Waals surface area contributed by atoms with Gasteiger partial charge in [0.2, 0.25) is 0 Å². The van der Waals surface area contributed by atoms with Gasteiger partial charge in [-0.15, -0.1) is 11.3 Å². The molecule has 0 aliphatic carbocycles. The molecule has 0 spiro atoms. The summed E-state index contributed by atoms with van der Waals surface area (Å²) in [5.74, 6) is 1.44. The van der Waals surface area contributed by atoms with Crippen LogP contribution in [0.25, 0.3) is 10.2 Å². The molecule has 5 nitrogen and oxygen atoms in total. The molecule has 148 valence electrons. The maximum atomic E-state index is 12.7. The van der Waals surface area contributed by atoms with Crippen LogP contribution in [0.2, 0.25) is 0 Å². The molecule has 0 amide bonds. The third kappa shape index (κ3) is 3.89. The zero-order valence-electron chi connectivity index (χ0n) is 15.3. The number of piperidine rings is 1. The average molecular weight is 407 g/mol. The molecule has 0 aromatic carbocycles. The lowest BCUT2D eigenvalue weighted by Gasteiger charge is -2.33. The topological polar surface area (TPSA) is 53.9 Å². The van der Waals surface area contributed by atoms with E-state index in [2.05, 4.69) is 33.3 Å². The quantitative estimate of drug-likeness (QED) is 0.677. The molecule has 9 heteroatoms. The van der Waals surface area contributed by atoms with Crippen molar-refractivity contribution in [2.75, 3.05) is 23.3 Å². The Bertz CT molecular complexity index is 946. The smallest absolute Gasteiger partial charge is 0.367 e. The molecule has 0 unspecified atom stereocenters. The molecule has 3 aromatic heterocycles. The van der Waals surface area contributed by atoms with E-state index >= 15 is 0 Å². The summed E-state index contributed by atoms with van der Waals surface area (Å²) in [5.41, 5.74) is -0.720. The number of halogens is 3. The highest BCUT2D eigenvalue weighted by atomic mass is 32.1. The molecule has 28 heavy (non-hydrogen) atoms.